The largest absolute Gasteiger partial charge is 0.478 e. The zero-order valence-electron chi connectivity index (χ0n) is 13.6. The van der Waals surface area contributed by atoms with E-state index in [2.05, 4.69) is 0 Å². The van der Waals surface area contributed by atoms with Crippen molar-refractivity contribution in [3.05, 3.63) is 33.4 Å². The third kappa shape index (κ3) is 3.24. The lowest BCUT2D eigenvalue weighted by Crippen LogP contribution is -2.41. The number of benzene rings is 1. The number of halogens is 7. The van der Waals surface area contributed by atoms with Gasteiger partial charge in [-0.05, 0) is 44.0 Å². The van der Waals surface area contributed by atoms with Gasteiger partial charge in [0.1, 0.15) is 5.75 Å². The minimum absolute atomic E-state index is 0.132. The number of carboxylic acid groups (broad SMARTS) is 1. The summed E-state index contributed by atoms with van der Waals surface area (Å²) < 4.78 is 84.4. The average molecular weight is 403 g/mol. The highest BCUT2D eigenvalue weighted by atomic mass is 35.5. The van der Waals surface area contributed by atoms with Crippen LogP contribution in [-0.4, -0.2) is 29.5 Å². The number of aliphatic carboxylic acids is 1. The molecule has 0 fully saturated rings. The Labute approximate surface area is 149 Å². The second kappa shape index (κ2) is 6.07. The normalized spacial score (nSPS) is 18.1. The molecule has 0 aromatic heterocycles. The van der Waals surface area contributed by atoms with E-state index in [1.165, 1.54) is 0 Å². The second-order valence-electron chi connectivity index (χ2n) is 6.34. The van der Waals surface area contributed by atoms with Gasteiger partial charge in [-0.1, -0.05) is 11.6 Å². The van der Waals surface area contributed by atoms with Crippen LogP contribution in [0.1, 0.15) is 30.5 Å². The van der Waals surface area contributed by atoms with E-state index in [1.807, 2.05) is 0 Å². The van der Waals surface area contributed by atoms with E-state index in [1.54, 1.807) is 0 Å². The molecule has 10 heteroatoms. The Hall–Kier alpha value is -1.90. The molecule has 0 amide bonds. The quantitative estimate of drug-likeness (QED) is 0.685. The van der Waals surface area contributed by atoms with Crippen molar-refractivity contribution in [2.45, 2.75) is 44.6 Å². The van der Waals surface area contributed by atoms with Gasteiger partial charge in [0.2, 0.25) is 6.10 Å². The lowest BCUT2D eigenvalue weighted by molar-refractivity contribution is -0.187. The predicted molar refractivity (Wildman–Crippen MR) is 81.4 cm³/mol. The zero-order valence-corrected chi connectivity index (χ0v) is 14.4. The average Bonchev–Trinajstić information content (AvgIpc) is 2.43. The smallest absolute Gasteiger partial charge is 0.430 e. The number of fused-ring (bicyclic) bond motifs is 1. The monoisotopic (exact) mass is 402 g/mol. The minimum atomic E-state index is -5.06. The predicted octanol–water partition coefficient (Wildman–Crippen LogP) is 5.28. The fourth-order valence-corrected chi connectivity index (χ4v) is 3.29. The molecule has 1 heterocycles. The van der Waals surface area contributed by atoms with Crippen LogP contribution in [0.3, 0.4) is 0 Å². The van der Waals surface area contributed by atoms with Crippen molar-refractivity contribution in [1.82, 2.24) is 0 Å². The fraction of sp³-hybridized carbons (Fsp3) is 0.438. The summed E-state index contributed by atoms with van der Waals surface area (Å²) in [5, 5.41) is 8.65. The van der Waals surface area contributed by atoms with Gasteiger partial charge in [0.25, 0.3) is 0 Å². The molecule has 144 valence electrons. The molecule has 1 aliphatic heterocycles. The summed E-state index contributed by atoms with van der Waals surface area (Å²) in [6.07, 6.45) is -11.9. The van der Waals surface area contributed by atoms with Gasteiger partial charge in [-0.25, -0.2) is 4.79 Å². The first-order valence-electron chi connectivity index (χ1n) is 7.17. The Morgan fingerprint density at radius 2 is 1.73 bits per heavy atom. The fourth-order valence-electron chi connectivity index (χ4n) is 2.80. The van der Waals surface area contributed by atoms with E-state index in [4.69, 9.17) is 21.4 Å². The first kappa shape index (κ1) is 20.4. The number of carbonyl (C=O) groups is 1. The summed E-state index contributed by atoms with van der Waals surface area (Å²) >= 11 is 5.96. The maximum absolute atomic E-state index is 13.4. The molecule has 0 bridgehead atoms. The molecule has 26 heavy (non-hydrogen) atoms. The highest BCUT2D eigenvalue weighted by molar-refractivity contribution is 6.32. The van der Waals surface area contributed by atoms with Crippen LogP contribution in [0.25, 0.3) is 6.08 Å². The van der Waals surface area contributed by atoms with Gasteiger partial charge in [-0.2, -0.15) is 26.3 Å². The SMILES string of the molecule is Cc1c2c(cc(Cl)c1C(C)(C)C(F)(F)F)C=C(C(=O)O)C(C(F)(F)F)O2. The molecule has 0 saturated heterocycles. The third-order valence-corrected chi connectivity index (χ3v) is 4.50. The molecule has 0 spiro atoms. The van der Waals surface area contributed by atoms with Crippen molar-refractivity contribution in [3.63, 3.8) is 0 Å². The Kier molecular flexibility index (Phi) is 4.77. The summed E-state index contributed by atoms with van der Waals surface area (Å²) in [7, 11) is 0. The molecule has 2 rings (SSSR count). The molecule has 1 aromatic rings. The standard InChI is InChI=1S/C16H13ClF6O3/c1-6-10(14(2,3)16(21,22)23)9(17)5-7-4-8(13(24)25)12(15(18,19)20)26-11(6)7/h4-5,12H,1-3H3,(H,24,25). The van der Waals surface area contributed by atoms with E-state index < -0.39 is 46.7 Å². The van der Waals surface area contributed by atoms with Gasteiger partial charge in [0.05, 0.1) is 11.0 Å². The minimum Gasteiger partial charge on any atom is -0.478 e. The van der Waals surface area contributed by atoms with Crippen LogP contribution in [0.15, 0.2) is 11.6 Å². The van der Waals surface area contributed by atoms with Gasteiger partial charge in [0, 0.05) is 10.6 Å². The number of hydrogen-bond donors (Lipinski definition) is 1. The van der Waals surface area contributed by atoms with Crippen LogP contribution < -0.4 is 4.74 Å². The van der Waals surface area contributed by atoms with Crippen LogP contribution in [-0.2, 0) is 10.2 Å². The third-order valence-electron chi connectivity index (χ3n) is 4.21. The maximum Gasteiger partial charge on any atom is 0.430 e. The van der Waals surface area contributed by atoms with Crippen molar-refractivity contribution in [2.24, 2.45) is 0 Å². The lowest BCUT2D eigenvalue weighted by atomic mass is 9.80. The Balaban J connectivity index is 2.76. The Morgan fingerprint density at radius 1 is 1.19 bits per heavy atom. The van der Waals surface area contributed by atoms with E-state index in [9.17, 15) is 31.1 Å². The first-order chi connectivity index (χ1) is 11.6. The molecule has 1 N–H and O–H groups in total. The molecular weight excluding hydrogens is 390 g/mol. The van der Waals surface area contributed by atoms with E-state index in [0.717, 1.165) is 26.8 Å². The topological polar surface area (TPSA) is 46.5 Å². The molecule has 1 atom stereocenters. The van der Waals surface area contributed by atoms with Gasteiger partial charge >= 0.3 is 18.3 Å². The molecule has 1 aliphatic rings. The van der Waals surface area contributed by atoms with Crippen LogP contribution >= 0.6 is 11.6 Å². The highest BCUT2D eigenvalue weighted by Crippen LogP contribution is 2.49. The molecule has 1 aromatic carbocycles. The van der Waals surface area contributed by atoms with Crippen LogP contribution in [0.2, 0.25) is 5.02 Å². The Morgan fingerprint density at radius 3 is 2.15 bits per heavy atom. The summed E-state index contributed by atoms with van der Waals surface area (Å²) in [5.74, 6) is -2.33. The van der Waals surface area contributed by atoms with Crippen molar-refractivity contribution < 1.29 is 41.0 Å². The number of rotatable bonds is 2. The van der Waals surface area contributed by atoms with Crippen molar-refractivity contribution in [1.29, 1.82) is 0 Å². The maximum atomic E-state index is 13.4. The lowest BCUT2D eigenvalue weighted by Gasteiger charge is -2.34. The van der Waals surface area contributed by atoms with E-state index in [0.29, 0.717) is 6.08 Å². The van der Waals surface area contributed by atoms with Crippen molar-refractivity contribution in [3.8, 4) is 5.75 Å². The second-order valence-corrected chi connectivity index (χ2v) is 6.75. The van der Waals surface area contributed by atoms with Crippen LogP contribution in [0.4, 0.5) is 26.3 Å². The van der Waals surface area contributed by atoms with Gasteiger partial charge < -0.3 is 9.84 Å². The van der Waals surface area contributed by atoms with Crippen molar-refractivity contribution in [2.75, 3.05) is 0 Å². The molecular formula is C16H13ClF6O3. The van der Waals surface area contributed by atoms with Crippen LogP contribution in [0, 0.1) is 6.92 Å². The van der Waals surface area contributed by atoms with Crippen molar-refractivity contribution >= 4 is 23.6 Å². The van der Waals surface area contributed by atoms with Gasteiger partial charge in [-0.15, -0.1) is 0 Å². The number of carboxylic acids is 1. The first-order valence-corrected chi connectivity index (χ1v) is 7.55. The molecule has 0 radical (unpaired) electrons. The summed E-state index contributed by atoms with van der Waals surface area (Å²) in [5.41, 5.74) is -4.34. The molecule has 0 aliphatic carbocycles. The number of ether oxygens (including phenoxy) is 1. The summed E-state index contributed by atoms with van der Waals surface area (Å²) in [4.78, 5) is 11.1. The van der Waals surface area contributed by atoms with Crippen LogP contribution in [0.5, 0.6) is 5.75 Å². The number of hydrogen-bond acceptors (Lipinski definition) is 2. The van der Waals surface area contributed by atoms with Gasteiger partial charge in [0.15, 0.2) is 0 Å². The molecule has 1 unspecified atom stereocenters. The van der Waals surface area contributed by atoms with E-state index >= 15 is 0 Å². The summed E-state index contributed by atoms with van der Waals surface area (Å²) in [6.45, 7) is 2.84. The Bertz CT molecular complexity index is 793. The zero-order chi connectivity index (χ0) is 20.2. The highest BCUT2D eigenvalue weighted by Gasteiger charge is 2.52. The molecule has 0 saturated carbocycles. The summed E-state index contributed by atoms with van der Waals surface area (Å²) in [6, 6.07) is 0.974. The molecule has 3 nitrogen and oxygen atoms in total. The number of alkyl halides is 6. The van der Waals surface area contributed by atoms with Gasteiger partial charge in [-0.3, -0.25) is 0 Å². The van der Waals surface area contributed by atoms with E-state index in [-0.39, 0.29) is 16.1 Å².